The Kier molecular flexibility index (Phi) is 4.52. The normalized spacial score (nSPS) is 13.0. The maximum atomic E-state index is 12.9. The van der Waals surface area contributed by atoms with Gasteiger partial charge in [0.2, 0.25) is 0 Å². The van der Waals surface area contributed by atoms with E-state index in [4.69, 9.17) is 0 Å². The van der Waals surface area contributed by atoms with Gasteiger partial charge in [-0.15, -0.1) is 0 Å². The Morgan fingerprint density at radius 1 is 1.03 bits per heavy atom. The maximum Gasteiger partial charge on any atom is 0.335 e. The molecule has 0 atom stereocenters. The molecule has 30 heavy (non-hydrogen) atoms. The van der Waals surface area contributed by atoms with Gasteiger partial charge in [-0.25, -0.2) is 4.79 Å². The molecule has 9 nitrogen and oxygen atoms in total. The fourth-order valence-electron chi connectivity index (χ4n) is 3.76. The Hall–Kier alpha value is -4.11. The summed E-state index contributed by atoms with van der Waals surface area (Å²) in [6.45, 7) is -0.672. The zero-order valence-electron chi connectivity index (χ0n) is 15.4. The number of nitrogens with zero attached hydrogens (tertiary/aromatic N) is 2. The molecule has 2 amide bonds. The van der Waals surface area contributed by atoms with Crippen LogP contribution in [0.5, 0.6) is 0 Å². The molecule has 150 valence electrons. The van der Waals surface area contributed by atoms with E-state index in [9.17, 15) is 34.7 Å². The molecule has 0 saturated heterocycles. The molecule has 0 saturated carbocycles. The van der Waals surface area contributed by atoms with E-state index in [1.54, 1.807) is 12.1 Å². The fourth-order valence-corrected chi connectivity index (χ4v) is 3.76. The Morgan fingerprint density at radius 2 is 1.73 bits per heavy atom. The molecule has 0 bridgehead atoms. The van der Waals surface area contributed by atoms with Crippen molar-refractivity contribution in [2.75, 3.05) is 13.2 Å². The summed E-state index contributed by atoms with van der Waals surface area (Å²) in [7, 11) is 0. The zero-order valence-corrected chi connectivity index (χ0v) is 15.4. The fraction of sp³-hybridized carbons (Fsp3) is 0.0952. The lowest BCUT2D eigenvalue weighted by molar-refractivity contribution is -0.384. The molecule has 9 heteroatoms. The Labute approximate surface area is 168 Å². The van der Waals surface area contributed by atoms with E-state index in [1.165, 1.54) is 30.3 Å². The number of nitro benzene ring substituents is 1. The number of carboxylic acid groups (broad SMARTS) is 1. The van der Waals surface area contributed by atoms with Gasteiger partial charge in [-0.1, -0.05) is 24.3 Å². The standard InChI is InChI=1S/C21H14N2O7/c24-8-7-22-19(25)14-6-2-5-13-17(11-3-1-4-12(9-11)21(27)28)16(23(29)30)10-15(18(13)14)20(22)26/h1-6,9-10,24H,7-8H2,(H,27,28). The van der Waals surface area contributed by atoms with Crippen molar-refractivity contribution in [1.29, 1.82) is 0 Å². The van der Waals surface area contributed by atoms with Gasteiger partial charge in [0.1, 0.15) is 0 Å². The van der Waals surface area contributed by atoms with Crippen LogP contribution in [0.25, 0.3) is 21.9 Å². The van der Waals surface area contributed by atoms with Gasteiger partial charge in [0.05, 0.1) is 34.8 Å². The number of carboxylic acids is 1. The van der Waals surface area contributed by atoms with E-state index in [-0.39, 0.29) is 45.4 Å². The third-order valence-electron chi connectivity index (χ3n) is 5.01. The van der Waals surface area contributed by atoms with Crippen LogP contribution in [0.3, 0.4) is 0 Å². The van der Waals surface area contributed by atoms with Gasteiger partial charge in [0.25, 0.3) is 17.5 Å². The average molecular weight is 406 g/mol. The zero-order chi connectivity index (χ0) is 21.6. The highest BCUT2D eigenvalue weighted by Gasteiger charge is 2.36. The lowest BCUT2D eigenvalue weighted by atomic mass is 9.87. The molecular formula is C21H14N2O7. The maximum absolute atomic E-state index is 12.9. The van der Waals surface area contributed by atoms with Crippen molar-refractivity contribution < 1.29 is 29.5 Å². The number of hydrogen-bond acceptors (Lipinski definition) is 6. The van der Waals surface area contributed by atoms with Crippen LogP contribution in [-0.4, -0.2) is 51.0 Å². The lowest BCUT2D eigenvalue weighted by Crippen LogP contribution is -2.42. The summed E-state index contributed by atoms with van der Waals surface area (Å²) in [5, 5.41) is 30.9. The van der Waals surface area contributed by atoms with E-state index in [0.717, 1.165) is 11.0 Å². The van der Waals surface area contributed by atoms with E-state index in [0.29, 0.717) is 5.39 Å². The molecule has 4 rings (SSSR count). The highest BCUT2D eigenvalue weighted by atomic mass is 16.6. The van der Waals surface area contributed by atoms with E-state index in [2.05, 4.69) is 0 Å². The second kappa shape index (κ2) is 7.05. The molecule has 1 aliphatic rings. The van der Waals surface area contributed by atoms with Crippen LogP contribution < -0.4 is 0 Å². The second-order valence-electron chi connectivity index (χ2n) is 6.68. The molecule has 0 spiro atoms. The summed E-state index contributed by atoms with van der Waals surface area (Å²) in [6.07, 6.45) is 0. The van der Waals surface area contributed by atoms with Gasteiger partial charge in [0, 0.05) is 17.0 Å². The van der Waals surface area contributed by atoms with E-state index >= 15 is 0 Å². The largest absolute Gasteiger partial charge is 0.478 e. The number of rotatable bonds is 5. The van der Waals surface area contributed by atoms with Crippen LogP contribution in [0.4, 0.5) is 5.69 Å². The van der Waals surface area contributed by atoms with Crippen LogP contribution in [0.1, 0.15) is 31.1 Å². The van der Waals surface area contributed by atoms with Crippen LogP contribution >= 0.6 is 0 Å². The quantitative estimate of drug-likeness (QED) is 0.377. The van der Waals surface area contributed by atoms with Crippen molar-refractivity contribution in [2.45, 2.75) is 0 Å². The van der Waals surface area contributed by atoms with E-state index in [1.807, 2.05) is 0 Å². The number of amides is 2. The first kappa shape index (κ1) is 19.2. The summed E-state index contributed by atoms with van der Waals surface area (Å²) in [5.74, 6) is -2.52. The first-order valence-corrected chi connectivity index (χ1v) is 8.90. The van der Waals surface area contributed by atoms with Crippen LogP contribution in [-0.2, 0) is 0 Å². The molecule has 3 aromatic rings. The second-order valence-corrected chi connectivity index (χ2v) is 6.68. The number of β-amino-alcohol motifs (C(OH)–C–C–N with tert-alkyl or cyclic N) is 1. The summed E-state index contributed by atoms with van der Waals surface area (Å²) >= 11 is 0. The first-order chi connectivity index (χ1) is 14.3. The van der Waals surface area contributed by atoms with Crippen LogP contribution in [0, 0.1) is 10.1 Å². The number of nitro groups is 1. The van der Waals surface area contributed by atoms with Crippen LogP contribution in [0.15, 0.2) is 48.5 Å². The number of aliphatic hydroxyl groups is 1. The van der Waals surface area contributed by atoms with Crippen molar-refractivity contribution in [1.82, 2.24) is 4.90 Å². The van der Waals surface area contributed by atoms with E-state index < -0.39 is 29.3 Å². The predicted octanol–water partition coefficient (Wildman–Crippen LogP) is 2.70. The molecule has 0 aromatic heterocycles. The molecule has 0 fully saturated rings. The minimum atomic E-state index is -1.19. The van der Waals surface area contributed by atoms with Gasteiger partial charge < -0.3 is 10.2 Å². The summed E-state index contributed by atoms with van der Waals surface area (Å²) in [5.41, 5.74) is 0.134. The Morgan fingerprint density at radius 3 is 2.40 bits per heavy atom. The minimum Gasteiger partial charge on any atom is -0.478 e. The summed E-state index contributed by atoms with van der Waals surface area (Å²) in [4.78, 5) is 49.1. The number of imide groups is 1. The Bertz CT molecular complexity index is 1270. The molecule has 3 aromatic carbocycles. The lowest BCUT2D eigenvalue weighted by Gasteiger charge is -2.27. The predicted molar refractivity (Wildman–Crippen MR) is 105 cm³/mol. The number of aromatic carboxylic acids is 1. The Balaban J connectivity index is 2.11. The molecule has 1 aliphatic heterocycles. The molecular weight excluding hydrogens is 392 g/mol. The van der Waals surface area contributed by atoms with Gasteiger partial charge in [-0.2, -0.15) is 0 Å². The smallest absolute Gasteiger partial charge is 0.335 e. The molecule has 2 N–H and O–H groups in total. The molecule has 1 heterocycles. The first-order valence-electron chi connectivity index (χ1n) is 8.90. The van der Waals surface area contributed by atoms with Gasteiger partial charge in [-0.05, 0) is 29.1 Å². The van der Waals surface area contributed by atoms with Gasteiger partial charge >= 0.3 is 5.97 Å². The molecule has 0 aliphatic carbocycles. The van der Waals surface area contributed by atoms with Gasteiger partial charge in [-0.3, -0.25) is 24.6 Å². The highest BCUT2D eigenvalue weighted by Crippen LogP contribution is 2.42. The topological polar surface area (TPSA) is 138 Å². The minimum absolute atomic E-state index is 0.0153. The third kappa shape index (κ3) is 2.80. The highest BCUT2D eigenvalue weighted by molar-refractivity contribution is 6.27. The number of carbonyl (C=O) groups is 3. The number of carbonyl (C=O) groups excluding carboxylic acids is 2. The third-order valence-corrected chi connectivity index (χ3v) is 5.01. The van der Waals surface area contributed by atoms with Crippen molar-refractivity contribution >= 4 is 34.2 Å². The number of benzene rings is 3. The molecule has 0 unspecified atom stereocenters. The monoisotopic (exact) mass is 406 g/mol. The summed E-state index contributed by atoms with van der Waals surface area (Å²) in [6, 6.07) is 11.4. The van der Waals surface area contributed by atoms with Gasteiger partial charge in [0.15, 0.2) is 0 Å². The number of hydrogen-bond donors (Lipinski definition) is 2. The average Bonchev–Trinajstić information content (AvgIpc) is 2.74. The van der Waals surface area contributed by atoms with Crippen molar-refractivity contribution in [3.8, 4) is 11.1 Å². The summed E-state index contributed by atoms with van der Waals surface area (Å²) < 4.78 is 0. The van der Waals surface area contributed by atoms with Crippen molar-refractivity contribution in [3.63, 3.8) is 0 Å². The molecule has 0 radical (unpaired) electrons. The number of aliphatic hydroxyl groups excluding tert-OH is 1. The SMILES string of the molecule is O=C(O)c1cccc(-c2c([N+](=O)[O-])cc3c4c(cccc24)C(=O)N(CCO)C3=O)c1. The van der Waals surface area contributed by atoms with Crippen molar-refractivity contribution in [3.05, 3.63) is 75.3 Å². The van der Waals surface area contributed by atoms with Crippen LogP contribution in [0.2, 0.25) is 0 Å². The van der Waals surface area contributed by atoms with Crippen molar-refractivity contribution in [2.24, 2.45) is 0 Å².